The third kappa shape index (κ3) is 2.29. The molecule has 0 radical (unpaired) electrons. The number of carbonyl (C=O) groups excluding carboxylic acids is 1. The number of hydrogen-bond acceptors (Lipinski definition) is 4. The Hall–Kier alpha value is -1.95. The SMILES string of the molecule is Cl.NC(=O)c1cccc(-c2nn[nH]n2)c1. The Morgan fingerprint density at radius 3 is 2.80 bits per heavy atom. The molecule has 2 aromatic rings. The van der Waals surface area contributed by atoms with Gasteiger partial charge in [0.2, 0.25) is 11.7 Å². The van der Waals surface area contributed by atoms with Crippen LogP contribution < -0.4 is 5.73 Å². The highest BCUT2D eigenvalue weighted by molar-refractivity contribution is 5.93. The number of rotatable bonds is 2. The van der Waals surface area contributed by atoms with Gasteiger partial charge in [0.05, 0.1) is 0 Å². The van der Waals surface area contributed by atoms with E-state index in [0.29, 0.717) is 17.0 Å². The average molecular weight is 226 g/mol. The lowest BCUT2D eigenvalue weighted by molar-refractivity contribution is 0.100. The van der Waals surface area contributed by atoms with Gasteiger partial charge in [-0.05, 0) is 17.3 Å². The largest absolute Gasteiger partial charge is 0.366 e. The molecule has 0 saturated carbocycles. The van der Waals surface area contributed by atoms with E-state index >= 15 is 0 Å². The monoisotopic (exact) mass is 225 g/mol. The molecule has 15 heavy (non-hydrogen) atoms. The molecule has 7 heteroatoms. The van der Waals surface area contributed by atoms with Crippen LogP contribution in [0.1, 0.15) is 10.4 Å². The van der Waals surface area contributed by atoms with Crippen molar-refractivity contribution >= 4 is 18.3 Å². The van der Waals surface area contributed by atoms with Crippen molar-refractivity contribution in [3.63, 3.8) is 0 Å². The summed E-state index contributed by atoms with van der Waals surface area (Å²) in [6.07, 6.45) is 0. The van der Waals surface area contributed by atoms with E-state index in [9.17, 15) is 4.79 Å². The number of tetrazole rings is 1. The van der Waals surface area contributed by atoms with Crippen molar-refractivity contribution in [3.05, 3.63) is 29.8 Å². The van der Waals surface area contributed by atoms with Crippen LogP contribution in [0, 0.1) is 0 Å². The molecule has 0 bridgehead atoms. The van der Waals surface area contributed by atoms with Gasteiger partial charge in [-0.1, -0.05) is 12.1 Å². The van der Waals surface area contributed by atoms with Crippen LogP contribution in [0.25, 0.3) is 11.4 Å². The molecule has 1 aromatic carbocycles. The van der Waals surface area contributed by atoms with Crippen molar-refractivity contribution in [1.29, 1.82) is 0 Å². The fourth-order valence-corrected chi connectivity index (χ4v) is 1.10. The maximum atomic E-state index is 10.9. The van der Waals surface area contributed by atoms with Gasteiger partial charge in [-0.3, -0.25) is 4.79 Å². The second-order valence-electron chi connectivity index (χ2n) is 2.68. The normalized spacial score (nSPS) is 9.33. The molecule has 6 nitrogen and oxygen atoms in total. The van der Waals surface area contributed by atoms with Gasteiger partial charge in [0.15, 0.2) is 0 Å². The molecule has 0 spiro atoms. The lowest BCUT2D eigenvalue weighted by Gasteiger charge is -1.97. The molecule has 0 aliphatic heterocycles. The summed E-state index contributed by atoms with van der Waals surface area (Å²) in [6.45, 7) is 0. The zero-order chi connectivity index (χ0) is 9.97. The Balaban J connectivity index is 0.00000112. The van der Waals surface area contributed by atoms with Crippen molar-refractivity contribution < 1.29 is 4.79 Å². The predicted molar refractivity (Wildman–Crippen MR) is 55.4 cm³/mol. The molecule has 0 atom stereocenters. The van der Waals surface area contributed by atoms with E-state index in [2.05, 4.69) is 20.6 Å². The number of H-pyrrole nitrogens is 1. The van der Waals surface area contributed by atoms with Crippen molar-refractivity contribution in [2.75, 3.05) is 0 Å². The van der Waals surface area contributed by atoms with Crippen molar-refractivity contribution in [2.45, 2.75) is 0 Å². The molecule has 0 aliphatic rings. The van der Waals surface area contributed by atoms with E-state index in [4.69, 9.17) is 5.73 Å². The summed E-state index contributed by atoms with van der Waals surface area (Å²) < 4.78 is 0. The number of primary amides is 1. The molecule has 1 heterocycles. The minimum atomic E-state index is -0.477. The van der Waals surface area contributed by atoms with Crippen molar-refractivity contribution in [3.8, 4) is 11.4 Å². The number of amides is 1. The van der Waals surface area contributed by atoms with Gasteiger partial charge in [-0.15, -0.1) is 22.6 Å². The van der Waals surface area contributed by atoms with Crippen LogP contribution in [0.2, 0.25) is 0 Å². The van der Waals surface area contributed by atoms with Crippen LogP contribution in [-0.2, 0) is 0 Å². The average Bonchev–Trinajstić information content (AvgIpc) is 2.71. The zero-order valence-corrected chi connectivity index (χ0v) is 8.36. The first-order chi connectivity index (χ1) is 6.77. The molecule has 1 amide bonds. The number of benzene rings is 1. The van der Waals surface area contributed by atoms with Crippen molar-refractivity contribution in [1.82, 2.24) is 20.6 Å². The molecular weight excluding hydrogens is 218 g/mol. The second-order valence-corrected chi connectivity index (χ2v) is 2.68. The Morgan fingerprint density at radius 1 is 1.40 bits per heavy atom. The van der Waals surface area contributed by atoms with E-state index in [0.717, 1.165) is 0 Å². The smallest absolute Gasteiger partial charge is 0.248 e. The third-order valence-electron chi connectivity index (χ3n) is 1.75. The molecular formula is C8H8ClN5O. The highest BCUT2D eigenvalue weighted by atomic mass is 35.5. The Labute approximate surface area is 91.3 Å². The van der Waals surface area contributed by atoms with Crippen LogP contribution >= 0.6 is 12.4 Å². The van der Waals surface area contributed by atoms with E-state index in [1.54, 1.807) is 24.3 Å². The molecule has 2 rings (SSSR count). The van der Waals surface area contributed by atoms with E-state index in [1.807, 2.05) is 0 Å². The summed E-state index contributed by atoms with van der Waals surface area (Å²) in [5, 5.41) is 13.3. The van der Waals surface area contributed by atoms with Crippen LogP contribution in [-0.4, -0.2) is 26.5 Å². The number of hydrogen-bond donors (Lipinski definition) is 2. The van der Waals surface area contributed by atoms with Crippen LogP contribution in [0.3, 0.4) is 0 Å². The quantitative estimate of drug-likeness (QED) is 0.772. The van der Waals surface area contributed by atoms with Gasteiger partial charge in [0, 0.05) is 11.1 Å². The number of nitrogens with two attached hydrogens (primary N) is 1. The molecule has 0 fully saturated rings. The lowest BCUT2D eigenvalue weighted by atomic mass is 10.1. The third-order valence-corrected chi connectivity index (χ3v) is 1.75. The summed E-state index contributed by atoms with van der Waals surface area (Å²) in [5.74, 6) is -0.0385. The number of aromatic nitrogens is 4. The fourth-order valence-electron chi connectivity index (χ4n) is 1.10. The number of halogens is 1. The minimum Gasteiger partial charge on any atom is -0.366 e. The molecule has 0 aliphatic carbocycles. The number of nitrogens with one attached hydrogen (secondary N) is 1. The van der Waals surface area contributed by atoms with Crippen LogP contribution in [0.4, 0.5) is 0 Å². The molecule has 0 saturated heterocycles. The van der Waals surface area contributed by atoms with Crippen molar-refractivity contribution in [2.24, 2.45) is 5.73 Å². The number of carbonyl (C=O) groups is 1. The first kappa shape index (κ1) is 11.1. The Morgan fingerprint density at radius 2 is 2.20 bits per heavy atom. The van der Waals surface area contributed by atoms with Gasteiger partial charge < -0.3 is 5.73 Å². The minimum absolute atomic E-state index is 0. The number of aromatic amines is 1. The fraction of sp³-hybridized carbons (Fsp3) is 0. The first-order valence-corrected chi connectivity index (χ1v) is 3.91. The summed E-state index contributed by atoms with van der Waals surface area (Å²) in [6, 6.07) is 6.74. The van der Waals surface area contributed by atoms with E-state index in [1.165, 1.54) is 0 Å². The summed E-state index contributed by atoms with van der Waals surface area (Å²) >= 11 is 0. The van der Waals surface area contributed by atoms with Crippen LogP contribution in [0.15, 0.2) is 24.3 Å². The van der Waals surface area contributed by atoms with Gasteiger partial charge >= 0.3 is 0 Å². The van der Waals surface area contributed by atoms with Gasteiger partial charge in [0.25, 0.3) is 0 Å². The second kappa shape index (κ2) is 4.52. The first-order valence-electron chi connectivity index (χ1n) is 3.91. The predicted octanol–water partition coefficient (Wildman–Crippen LogP) is 0.387. The summed E-state index contributed by atoms with van der Waals surface area (Å²) in [7, 11) is 0. The lowest BCUT2D eigenvalue weighted by Crippen LogP contribution is -2.10. The Kier molecular flexibility index (Phi) is 3.35. The standard InChI is InChI=1S/C8H7N5O.ClH/c9-7(14)5-2-1-3-6(4-5)8-10-12-13-11-8;/h1-4H,(H2,9,14)(H,10,11,12,13);1H. The maximum Gasteiger partial charge on any atom is 0.248 e. The molecule has 78 valence electrons. The van der Waals surface area contributed by atoms with Gasteiger partial charge in [-0.2, -0.15) is 5.21 Å². The van der Waals surface area contributed by atoms with Gasteiger partial charge in [0.1, 0.15) is 0 Å². The zero-order valence-electron chi connectivity index (χ0n) is 7.54. The maximum absolute atomic E-state index is 10.9. The van der Waals surface area contributed by atoms with Crippen LogP contribution in [0.5, 0.6) is 0 Å². The van der Waals surface area contributed by atoms with Gasteiger partial charge in [-0.25, -0.2) is 0 Å². The highest BCUT2D eigenvalue weighted by Crippen LogP contribution is 2.14. The summed E-state index contributed by atoms with van der Waals surface area (Å²) in [5.41, 5.74) is 6.26. The molecule has 1 aromatic heterocycles. The summed E-state index contributed by atoms with van der Waals surface area (Å²) in [4.78, 5) is 10.9. The van der Waals surface area contributed by atoms with E-state index in [-0.39, 0.29) is 12.4 Å². The molecule has 3 N–H and O–H groups in total. The molecule has 0 unspecified atom stereocenters. The topological polar surface area (TPSA) is 97.5 Å². The highest BCUT2D eigenvalue weighted by Gasteiger charge is 2.05. The number of nitrogens with zero attached hydrogens (tertiary/aromatic N) is 3. The Bertz CT molecular complexity index is 456. The van der Waals surface area contributed by atoms with E-state index < -0.39 is 5.91 Å².